The van der Waals surface area contributed by atoms with Gasteiger partial charge in [-0.2, -0.15) is 0 Å². The molecule has 0 aromatic heterocycles. The van der Waals surface area contributed by atoms with Crippen LogP contribution in [0.4, 0.5) is 0 Å². The minimum absolute atomic E-state index is 0.0384. The molecule has 2 aliphatic carbocycles. The number of fused-ring (bicyclic) bond motifs is 1. The molecule has 3 nitrogen and oxygen atoms in total. The maximum absolute atomic E-state index is 13.8. The Bertz CT molecular complexity index is 1040. The summed E-state index contributed by atoms with van der Waals surface area (Å²) in [6.45, 7) is 16.9. The van der Waals surface area contributed by atoms with Crippen molar-refractivity contribution in [2.45, 2.75) is 137 Å². The number of benzene rings is 1. The van der Waals surface area contributed by atoms with Gasteiger partial charge in [0, 0.05) is 17.9 Å². The molecule has 0 heterocycles. The van der Waals surface area contributed by atoms with Crippen molar-refractivity contribution in [3.63, 3.8) is 0 Å². The van der Waals surface area contributed by atoms with Crippen LogP contribution in [0.15, 0.2) is 18.2 Å². The number of hydrogen-bond acceptors (Lipinski definition) is 3. The molecule has 3 rings (SSSR count). The number of carbonyl (C=O) groups excluding carboxylic acids is 3. The number of allylic oxidation sites excluding steroid dienone is 1. The van der Waals surface area contributed by atoms with E-state index in [1.54, 1.807) is 0 Å². The second-order valence-electron chi connectivity index (χ2n) is 13.2. The molecule has 1 aromatic carbocycles. The first kappa shape index (κ1) is 31.5. The van der Waals surface area contributed by atoms with Crippen molar-refractivity contribution in [1.29, 1.82) is 0 Å². The Morgan fingerprint density at radius 3 is 2.33 bits per heavy atom. The minimum atomic E-state index is -0.0887. The average molecular weight is 535 g/mol. The van der Waals surface area contributed by atoms with Crippen LogP contribution < -0.4 is 0 Å². The third kappa shape index (κ3) is 8.24. The smallest absolute Gasteiger partial charge is 0.163 e. The molecule has 2 aliphatic rings. The second kappa shape index (κ2) is 14.6. The zero-order valence-electron chi connectivity index (χ0n) is 25.8. The van der Waals surface area contributed by atoms with Crippen molar-refractivity contribution in [2.75, 3.05) is 0 Å². The molecular formula is C36H54O3. The SMILES string of the molecule is C=C(Cc1cc(C(C)C)c2c(c1C)C(=O)CC(CC(CCC)C(CC)C(=O)CC(C)=O)C2)CC1CCCCC1. The molecule has 0 N–H and O–H groups in total. The van der Waals surface area contributed by atoms with E-state index in [4.69, 9.17) is 0 Å². The summed E-state index contributed by atoms with van der Waals surface area (Å²) in [6, 6.07) is 2.38. The van der Waals surface area contributed by atoms with Crippen molar-refractivity contribution in [3.05, 3.63) is 46.0 Å². The van der Waals surface area contributed by atoms with Gasteiger partial charge >= 0.3 is 0 Å². The Morgan fingerprint density at radius 1 is 1.05 bits per heavy atom. The molecule has 39 heavy (non-hydrogen) atoms. The van der Waals surface area contributed by atoms with E-state index in [0.717, 1.165) is 62.0 Å². The van der Waals surface area contributed by atoms with Crippen molar-refractivity contribution < 1.29 is 14.4 Å². The molecule has 3 heteroatoms. The Hall–Kier alpha value is -2.03. The molecule has 0 aliphatic heterocycles. The topological polar surface area (TPSA) is 51.2 Å². The van der Waals surface area contributed by atoms with Gasteiger partial charge in [-0.15, -0.1) is 0 Å². The number of ketones is 3. The predicted octanol–water partition coefficient (Wildman–Crippen LogP) is 9.31. The first-order valence-corrected chi connectivity index (χ1v) is 15.9. The van der Waals surface area contributed by atoms with E-state index in [1.807, 2.05) is 0 Å². The van der Waals surface area contributed by atoms with Gasteiger partial charge in [0.25, 0.3) is 0 Å². The molecule has 0 amide bonds. The molecule has 0 radical (unpaired) electrons. The highest BCUT2D eigenvalue weighted by Gasteiger charge is 2.34. The highest BCUT2D eigenvalue weighted by molar-refractivity contribution is 6.01. The quantitative estimate of drug-likeness (QED) is 0.176. The van der Waals surface area contributed by atoms with Crippen molar-refractivity contribution in [2.24, 2.45) is 23.7 Å². The normalized spacial score (nSPS) is 19.6. The van der Waals surface area contributed by atoms with Crippen LogP contribution in [-0.4, -0.2) is 17.3 Å². The minimum Gasteiger partial charge on any atom is -0.300 e. The van der Waals surface area contributed by atoms with Gasteiger partial charge in [0.2, 0.25) is 0 Å². The van der Waals surface area contributed by atoms with Gasteiger partial charge in [-0.25, -0.2) is 0 Å². The van der Waals surface area contributed by atoms with Gasteiger partial charge < -0.3 is 0 Å². The van der Waals surface area contributed by atoms with E-state index >= 15 is 0 Å². The molecule has 1 aromatic rings. The van der Waals surface area contributed by atoms with Crippen LogP contribution in [0.1, 0.15) is 150 Å². The zero-order valence-corrected chi connectivity index (χ0v) is 25.8. The van der Waals surface area contributed by atoms with E-state index in [0.29, 0.717) is 12.3 Å². The fourth-order valence-electron chi connectivity index (χ4n) is 7.73. The van der Waals surface area contributed by atoms with Crippen LogP contribution in [0.5, 0.6) is 0 Å². The van der Waals surface area contributed by atoms with Crippen molar-refractivity contribution >= 4 is 17.3 Å². The lowest BCUT2D eigenvalue weighted by molar-refractivity contribution is -0.129. The standard InChI is InChI=1S/C36H54O3/c1-8-13-29(31(9-2)34(38)18-25(6)37)19-28-20-33-32(23(3)4)22-30(26(7)36(33)35(39)21-28)17-24(5)16-27-14-11-10-12-15-27/h22-23,27-29,31H,5,8-21H2,1-4,6-7H3. The van der Waals surface area contributed by atoms with Gasteiger partial charge in [-0.1, -0.05) is 90.9 Å². The van der Waals surface area contributed by atoms with Crippen LogP contribution in [0.3, 0.4) is 0 Å². The largest absolute Gasteiger partial charge is 0.300 e. The van der Waals surface area contributed by atoms with Gasteiger partial charge in [0.1, 0.15) is 11.6 Å². The van der Waals surface area contributed by atoms with Gasteiger partial charge in [0.05, 0.1) is 6.42 Å². The summed E-state index contributed by atoms with van der Waals surface area (Å²) >= 11 is 0. The average Bonchev–Trinajstić information content (AvgIpc) is 2.86. The van der Waals surface area contributed by atoms with E-state index in [-0.39, 0.29) is 41.5 Å². The van der Waals surface area contributed by atoms with E-state index in [9.17, 15) is 14.4 Å². The zero-order chi connectivity index (χ0) is 28.7. The van der Waals surface area contributed by atoms with Crippen LogP contribution in [0.2, 0.25) is 0 Å². The molecular weight excluding hydrogens is 480 g/mol. The Balaban J connectivity index is 1.84. The summed E-state index contributed by atoms with van der Waals surface area (Å²) in [5.74, 6) is 1.84. The highest BCUT2D eigenvalue weighted by atomic mass is 16.1. The van der Waals surface area contributed by atoms with Crippen LogP contribution >= 0.6 is 0 Å². The lowest BCUT2D eigenvalue weighted by Gasteiger charge is -2.33. The summed E-state index contributed by atoms with van der Waals surface area (Å²) < 4.78 is 0. The molecule has 3 atom stereocenters. The Kier molecular flexibility index (Phi) is 11.8. The van der Waals surface area contributed by atoms with Gasteiger partial charge in [-0.3, -0.25) is 14.4 Å². The molecule has 216 valence electrons. The maximum Gasteiger partial charge on any atom is 0.163 e. The maximum atomic E-state index is 13.8. The summed E-state index contributed by atoms with van der Waals surface area (Å²) in [5.41, 5.74) is 7.31. The number of Topliss-reactive ketones (excluding diaryl/α,β-unsaturated/α-hetero) is 3. The first-order chi connectivity index (χ1) is 18.5. The number of hydrogen-bond donors (Lipinski definition) is 0. The Labute approximate surface area is 238 Å². The lowest BCUT2D eigenvalue weighted by atomic mass is 9.70. The third-order valence-corrected chi connectivity index (χ3v) is 9.59. The fourth-order valence-corrected chi connectivity index (χ4v) is 7.73. The fraction of sp³-hybridized carbons (Fsp3) is 0.694. The van der Waals surface area contributed by atoms with E-state index < -0.39 is 0 Å². The van der Waals surface area contributed by atoms with E-state index in [2.05, 4.69) is 47.3 Å². The molecule has 0 bridgehead atoms. The number of carbonyl (C=O) groups is 3. The number of rotatable bonds is 14. The highest BCUT2D eigenvalue weighted by Crippen LogP contribution is 2.40. The monoisotopic (exact) mass is 534 g/mol. The molecule has 0 spiro atoms. The predicted molar refractivity (Wildman–Crippen MR) is 163 cm³/mol. The summed E-state index contributed by atoms with van der Waals surface area (Å²) in [4.78, 5) is 38.4. The molecule has 1 saturated carbocycles. The van der Waals surface area contributed by atoms with E-state index in [1.165, 1.54) is 61.3 Å². The van der Waals surface area contributed by atoms with Crippen LogP contribution in [-0.2, 0) is 22.4 Å². The van der Waals surface area contributed by atoms with Gasteiger partial charge in [-0.05, 0) is 91.9 Å². The van der Waals surface area contributed by atoms with Crippen LogP contribution in [0, 0.1) is 30.6 Å². The summed E-state index contributed by atoms with van der Waals surface area (Å²) in [6.07, 6.45) is 13.9. The first-order valence-electron chi connectivity index (χ1n) is 15.9. The molecule has 1 fully saturated rings. The van der Waals surface area contributed by atoms with Crippen molar-refractivity contribution in [3.8, 4) is 0 Å². The molecule has 3 unspecified atom stereocenters. The Morgan fingerprint density at radius 2 is 1.74 bits per heavy atom. The van der Waals surface area contributed by atoms with Gasteiger partial charge in [0.15, 0.2) is 5.78 Å². The third-order valence-electron chi connectivity index (χ3n) is 9.59. The summed E-state index contributed by atoms with van der Waals surface area (Å²) in [5, 5.41) is 0. The van der Waals surface area contributed by atoms with Crippen molar-refractivity contribution in [1.82, 2.24) is 0 Å². The second-order valence-corrected chi connectivity index (χ2v) is 13.2. The molecule has 0 saturated heterocycles. The summed E-state index contributed by atoms with van der Waals surface area (Å²) in [7, 11) is 0. The van der Waals surface area contributed by atoms with Crippen LogP contribution in [0.25, 0.3) is 0 Å². The lowest BCUT2D eigenvalue weighted by Crippen LogP contribution is -2.30.